The second kappa shape index (κ2) is 10.3. The number of rotatable bonds is 9. The van der Waals surface area contributed by atoms with Gasteiger partial charge in [-0.2, -0.15) is 0 Å². The van der Waals surface area contributed by atoms with Crippen LogP contribution >= 0.6 is 0 Å². The first-order valence-electron chi connectivity index (χ1n) is 9.77. The third kappa shape index (κ3) is 5.20. The fourth-order valence-corrected chi connectivity index (χ4v) is 4.31. The number of benzene rings is 3. The summed E-state index contributed by atoms with van der Waals surface area (Å²) in [6.45, 7) is 0. The van der Waals surface area contributed by atoms with E-state index in [9.17, 15) is 12.8 Å². The molecule has 0 aliphatic carbocycles. The SMILES string of the molecule is COc1cc(/C=C\c2ccc(F)c(OC)c2NS(=O)(=O)c2ccccc2)cc(OC)c1OC. The molecule has 9 heteroatoms. The van der Waals surface area contributed by atoms with Crippen molar-refractivity contribution in [3.8, 4) is 23.0 Å². The minimum Gasteiger partial charge on any atom is -0.493 e. The van der Waals surface area contributed by atoms with Crippen LogP contribution in [-0.2, 0) is 10.0 Å². The molecule has 0 aliphatic heterocycles. The Hall–Kier alpha value is -3.72. The smallest absolute Gasteiger partial charge is 0.262 e. The predicted molar refractivity (Wildman–Crippen MR) is 125 cm³/mol. The molecule has 0 saturated carbocycles. The van der Waals surface area contributed by atoms with Crippen molar-refractivity contribution in [1.82, 2.24) is 0 Å². The van der Waals surface area contributed by atoms with Crippen molar-refractivity contribution in [2.45, 2.75) is 4.90 Å². The average Bonchev–Trinajstić information content (AvgIpc) is 2.83. The lowest BCUT2D eigenvalue weighted by Gasteiger charge is -2.15. The normalized spacial score (nSPS) is 11.3. The molecule has 1 N–H and O–H groups in total. The van der Waals surface area contributed by atoms with Crippen LogP contribution in [-0.4, -0.2) is 36.9 Å². The number of nitrogens with one attached hydrogen (secondary N) is 1. The van der Waals surface area contributed by atoms with Crippen molar-refractivity contribution in [3.63, 3.8) is 0 Å². The van der Waals surface area contributed by atoms with Gasteiger partial charge < -0.3 is 18.9 Å². The predicted octanol–water partition coefficient (Wildman–Crippen LogP) is 4.83. The number of sulfonamides is 1. The topological polar surface area (TPSA) is 83.1 Å². The van der Waals surface area contributed by atoms with Crippen molar-refractivity contribution < 1.29 is 31.8 Å². The molecule has 0 unspecified atom stereocenters. The summed E-state index contributed by atoms with van der Waals surface area (Å²) in [5.74, 6) is 0.433. The van der Waals surface area contributed by atoms with Crippen LogP contribution in [0.2, 0.25) is 0 Å². The van der Waals surface area contributed by atoms with E-state index in [1.54, 1.807) is 42.5 Å². The Kier molecular flexibility index (Phi) is 7.44. The largest absolute Gasteiger partial charge is 0.493 e. The zero-order chi connectivity index (χ0) is 24.0. The number of hydrogen-bond donors (Lipinski definition) is 1. The number of methoxy groups -OCH3 is 4. The number of halogens is 1. The number of hydrogen-bond acceptors (Lipinski definition) is 6. The molecule has 7 nitrogen and oxygen atoms in total. The molecule has 33 heavy (non-hydrogen) atoms. The maximum atomic E-state index is 14.4. The Balaban J connectivity index is 2.07. The first-order valence-corrected chi connectivity index (χ1v) is 11.2. The van der Waals surface area contributed by atoms with Crippen LogP contribution in [0.4, 0.5) is 10.1 Å². The minimum atomic E-state index is -3.99. The molecule has 3 aromatic carbocycles. The van der Waals surface area contributed by atoms with Crippen LogP contribution < -0.4 is 23.7 Å². The Morgan fingerprint density at radius 1 is 0.788 bits per heavy atom. The van der Waals surface area contributed by atoms with Gasteiger partial charge in [0.15, 0.2) is 23.1 Å². The second-order valence-electron chi connectivity index (χ2n) is 6.76. The molecule has 3 rings (SSSR count). The van der Waals surface area contributed by atoms with Crippen LogP contribution in [0.3, 0.4) is 0 Å². The van der Waals surface area contributed by atoms with Crippen LogP contribution in [0.5, 0.6) is 23.0 Å². The van der Waals surface area contributed by atoms with Crippen LogP contribution in [0, 0.1) is 5.82 Å². The molecule has 0 fully saturated rings. The van der Waals surface area contributed by atoms with E-state index in [2.05, 4.69) is 4.72 Å². The van der Waals surface area contributed by atoms with Gasteiger partial charge in [0.2, 0.25) is 5.75 Å². The summed E-state index contributed by atoms with van der Waals surface area (Å²) < 4.78 is 63.9. The summed E-state index contributed by atoms with van der Waals surface area (Å²) in [6, 6.07) is 13.9. The summed E-state index contributed by atoms with van der Waals surface area (Å²) in [7, 11) is 1.80. The molecular formula is C24H24FNO6S. The Bertz CT molecular complexity index is 1230. The zero-order valence-electron chi connectivity index (χ0n) is 18.6. The second-order valence-corrected chi connectivity index (χ2v) is 8.44. The van der Waals surface area contributed by atoms with E-state index in [1.165, 1.54) is 52.7 Å². The van der Waals surface area contributed by atoms with Gasteiger partial charge in [0, 0.05) is 5.56 Å². The standard InChI is InChI=1S/C24H24FNO6S/c1-29-20-14-16(15-21(30-2)24(20)32-4)10-11-17-12-13-19(25)23(31-3)22(17)26-33(27,28)18-8-6-5-7-9-18/h5-15,26H,1-4H3/b11-10-. The zero-order valence-corrected chi connectivity index (χ0v) is 19.4. The molecule has 0 aliphatic rings. The Morgan fingerprint density at radius 3 is 1.94 bits per heavy atom. The average molecular weight is 474 g/mol. The van der Waals surface area contributed by atoms with Gasteiger partial charge >= 0.3 is 0 Å². The highest BCUT2D eigenvalue weighted by Crippen LogP contribution is 2.39. The quantitative estimate of drug-likeness (QED) is 0.448. The van der Waals surface area contributed by atoms with Gasteiger partial charge in [0.25, 0.3) is 10.0 Å². The molecule has 0 radical (unpaired) electrons. The summed E-state index contributed by atoms with van der Waals surface area (Å²) in [5.41, 5.74) is 1.05. The third-order valence-corrected chi connectivity index (χ3v) is 6.14. The van der Waals surface area contributed by atoms with Gasteiger partial charge in [-0.25, -0.2) is 12.8 Å². The van der Waals surface area contributed by atoms with Gasteiger partial charge in [-0.15, -0.1) is 0 Å². The highest BCUT2D eigenvalue weighted by molar-refractivity contribution is 7.92. The van der Waals surface area contributed by atoms with Crippen molar-refractivity contribution in [3.05, 3.63) is 71.5 Å². The van der Waals surface area contributed by atoms with E-state index in [0.717, 1.165) is 0 Å². The van der Waals surface area contributed by atoms with Gasteiger partial charge in [0.05, 0.1) is 33.3 Å². The van der Waals surface area contributed by atoms with Crippen LogP contribution in [0.15, 0.2) is 59.5 Å². The van der Waals surface area contributed by atoms with E-state index >= 15 is 0 Å². The van der Waals surface area contributed by atoms with Gasteiger partial charge in [-0.05, 0) is 42.0 Å². The molecule has 174 valence electrons. The van der Waals surface area contributed by atoms with E-state index in [0.29, 0.717) is 28.4 Å². The summed E-state index contributed by atoms with van der Waals surface area (Å²) in [4.78, 5) is 0.0378. The van der Waals surface area contributed by atoms with Crippen LogP contribution in [0.1, 0.15) is 11.1 Å². The lowest BCUT2D eigenvalue weighted by molar-refractivity contribution is 0.324. The maximum absolute atomic E-state index is 14.4. The molecule has 0 heterocycles. The monoisotopic (exact) mass is 473 g/mol. The highest BCUT2D eigenvalue weighted by Gasteiger charge is 2.21. The molecular weight excluding hydrogens is 449 g/mol. The molecule has 0 aromatic heterocycles. The molecule has 0 saturated heterocycles. The first kappa shape index (κ1) is 23.9. The summed E-state index contributed by atoms with van der Waals surface area (Å²) in [5, 5.41) is 0. The lowest BCUT2D eigenvalue weighted by atomic mass is 10.1. The molecule has 3 aromatic rings. The number of ether oxygens (including phenoxy) is 4. The number of anilines is 1. The minimum absolute atomic E-state index is 0.0231. The fourth-order valence-electron chi connectivity index (χ4n) is 3.19. The van der Waals surface area contributed by atoms with Gasteiger partial charge in [0.1, 0.15) is 5.69 Å². The van der Waals surface area contributed by atoms with Crippen LogP contribution in [0.25, 0.3) is 12.2 Å². The summed E-state index contributed by atoms with van der Waals surface area (Å²) in [6.07, 6.45) is 3.34. The molecule has 0 amide bonds. The lowest BCUT2D eigenvalue weighted by Crippen LogP contribution is -2.15. The van der Waals surface area contributed by atoms with E-state index in [4.69, 9.17) is 18.9 Å². The van der Waals surface area contributed by atoms with E-state index < -0.39 is 15.8 Å². The van der Waals surface area contributed by atoms with Crippen molar-refractivity contribution in [2.75, 3.05) is 33.2 Å². The maximum Gasteiger partial charge on any atom is 0.262 e. The van der Waals surface area contributed by atoms with E-state index in [1.807, 2.05) is 0 Å². The van der Waals surface area contributed by atoms with Crippen molar-refractivity contribution in [1.29, 1.82) is 0 Å². The van der Waals surface area contributed by atoms with E-state index in [-0.39, 0.29) is 16.3 Å². The van der Waals surface area contributed by atoms with Gasteiger partial charge in [-0.3, -0.25) is 4.72 Å². The fraction of sp³-hybridized carbons (Fsp3) is 0.167. The highest BCUT2D eigenvalue weighted by atomic mass is 32.2. The third-order valence-electron chi connectivity index (χ3n) is 4.78. The Morgan fingerprint density at radius 2 is 1.39 bits per heavy atom. The van der Waals surface area contributed by atoms with Gasteiger partial charge in [-0.1, -0.05) is 30.4 Å². The molecule has 0 bridgehead atoms. The molecule has 0 atom stereocenters. The summed E-state index contributed by atoms with van der Waals surface area (Å²) >= 11 is 0. The van der Waals surface area contributed by atoms with Crippen molar-refractivity contribution >= 4 is 27.9 Å². The molecule has 0 spiro atoms. The van der Waals surface area contributed by atoms with Crippen molar-refractivity contribution in [2.24, 2.45) is 0 Å². The first-order chi connectivity index (χ1) is 15.8. The Labute approximate surface area is 192 Å².